The number of hydrogen-bond acceptors (Lipinski definition) is 1. The van der Waals surface area contributed by atoms with E-state index < -0.39 is 0 Å². The Kier molecular flexibility index (Phi) is 5.67. The molecule has 0 spiro atoms. The highest BCUT2D eigenvalue weighted by Gasteiger charge is 2.12. The Balaban J connectivity index is 2.15. The van der Waals surface area contributed by atoms with Crippen LogP contribution in [-0.2, 0) is 6.42 Å². The molecule has 0 aliphatic rings. The van der Waals surface area contributed by atoms with Crippen LogP contribution in [-0.4, -0.2) is 6.61 Å². The van der Waals surface area contributed by atoms with Crippen molar-refractivity contribution in [1.82, 2.24) is 0 Å². The van der Waals surface area contributed by atoms with Crippen molar-refractivity contribution in [2.24, 2.45) is 0 Å². The van der Waals surface area contributed by atoms with Gasteiger partial charge in [0.15, 0.2) is 0 Å². The van der Waals surface area contributed by atoms with Crippen LogP contribution in [0, 0.1) is 6.92 Å². The molecule has 2 rings (SSSR count). The van der Waals surface area contributed by atoms with E-state index in [4.69, 9.17) is 4.74 Å². The van der Waals surface area contributed by atoms with Crippen LogP contribution in [0.1, 0.15) is 28.4 Å². The smallest absolute Gasteiger partial charge is 0.133 e. The molecule has 0 radical (unpaired) electrons. The summed E-state index contributed by atoms with van der Waals surface area (Å²) in [6.45, 7) is 4.83. The fourth-order valence-electron chi connectivity index (χ4n) is 2.13. The van der Waals surface area contributed by atoms with Crippen molar-refractivity contribution >= 4 is 31.9 Å². The monoisotopic (exact) mass is 396 g/mol. The van der Waals surface area contributed by atoms with E-state index in [-0.39, 0.29) is 0 Å². The summed E-state index contributed by atoms with van der Waals surface area (Å²) in [4.78, 5) is 0.301. The number of ether oxygens (including phenoxy) is 1. The summed E-state index contributed by atoms with van der Waals surface area (Å²) in [5.41, 5.74) is 3.96. The molecule has 0 heterocycles. The maximum absolute atomic E-state index is 5.55. The predicted molar refractivity (Wildman–Crippen MR) is 91.9 cm³/mol. The summed E-state index contributed by atoms with van der Waals surface area (Å²) >= 11 is 7.36. The zero-order valence-electron chi connectivity index (χ0n) is 11.7. The van der Waals surface area contributed by atoms with Crippen LogP contribution in [0.5, 0.6) is 5.75 Å². The third-order valence-corrected chi connectivity index (χ3v) is 4.75. The van der Waals surface area contributed by atoms with Gasteiger partial charge in [0.2, 0.25) is 0 Å². The molecular weight excluding hydrogens is 380 g/mol. The van der Waals surface area contributed by atoms with Crippen molar-refractivity contribution in [3.8, 4) is 5.75 Å². The van der Waals surface area contributed by atoms with E-state index >= 15 is 0 Å². The summed E-state index contributed by atoms with van der Waals surface area (Å²) in [6.07, 6.45) is 0.979. The molecule has 106 valence electrons. The lowest BCUT2D eigenvalue weighted by molar-refractivity contribution is 0.338. The van der Waals surface area contributed by atoms with Crippen LogP contribution >= 0.6 is 31.9 Å². The number of hydrogen-bond donors (Lipinski definition) is 0. The van der Waals surface area contributed by atoms with Gasteiger partial charge in [0.25, 0.3) is 0 Å². The minimum atomic E-state index is 0.301. The second-order valence-electron chi connectivity index (χ2n) is 4.72. The summed E-state index contributed by atoms with van der Waals surface area (Å²) in [5, 5.41) is 0. The maximum atomic E-state index is 5.55. The first-order valence-electron chi connectivity index (χ1n) is 6.72. The van der Waals surface area contributed by atoms with E-state index in [1.54, 1.807) is 0 Å². The van der Waals surface area contributed by atoms with Crippen molar-refractivity contribution in [3.63, 3.8) is 0 Å². The van der Waals surface area contributed by atoms with Gasteiger partial charge < -0.3 is 4.74 Å². The van der Waals surface area contributed by atoms with Crippen LogP contribution < -0.4 is 4.74 Å². The third-order valence-electron chi connectivity index (χ3n) is 3.28. The molecule has 1 atom stereocenters. The first-order chi connectivity index (χ1) is 9.61. The molecule has 20 heavy (non-hydrogen) atoms. The minimum Gasteiger partial charge on any atom is -0.493 e. The average Bonchev–Trinajstić information content (AvgIpc) is 2.43. The molecule has 0 bridgehead atoms. The quantitative estimate of drug-likeness (QED) is 0.576. The molecule has 0 amide bonds. The van der Waals surface area contributed by atoms with Crippen LogP contribution in [0.2, 0.25) is 0 Å². The van der Waals surface area contributed by atoms with Gasteiger partial charge in [0.05, 0.1) is 11.1 Å². The Hall–Kier alpha value is -0.800. The van der Waals surface area contributed by atoms with E-state index in [2.05, 4.69) is 75.2 Å². The number of benzene rings is 2. The number of halogens is 2. The van der Waals surface area contributed by atoms with Gasteiger partial charge in [-0.2, -0.15) is 0 Å². The topological polar surface area (TPSA) is 9.23 Å². The highest BCUT2D eigenvalue weighted by atomic mass is 79.9. The largest absolute Gasteiger partial charge is 0.493 e. The van der Waals surface area contributed by atoms with Gasteiger partial charge in [-0.25, -0.2) is 0 Å². The molecule has 0 saturated heterocycles. The van der Waals surface area contributed by atoms with E-state index in [1.807, 2.05) is 13.0 Å². The minimum absolute atomic E-state index is 0.301. The van der Waals surface area contributed by atoms with Gasteiger partial charge in [-0.3, -0.25) is 0 Å². The molecule has 1 nitrogen and oxygen atoms in total. The molecule has 2 aromatic carbocycles. The molecular formula is C17H18Br2O. The predicted octanol–water partition coefficient (Wildman–Crippen LogP) is 5.83. The number of rotatable bonds is 5. The standard InChI is InChI=1S/C17H18Br2O/c1-3-20-17-9-8-14(11-16(17)19)15(18)10-13-7-5-4-6-12(13)2/h4-9,11,15H,3,10H2,1-2H3. The van der Waals surface area contributed by atoms with E-state index in [1.165, 1.54) is 16.7 Å². The molecule has 0 saturated carbocycles. The molecule has 3 heteroatoms. The first-order valence-corrected chi connectivity index (χ1v) is 8.43. The molecule has 2 aromatic rings. The zero-order valence-corrected chi connectivity index (χ0v) is 14.9. The van der Waals surface area contributed by atoms with Gasteiger partial charge in [-0.05, 0) is 65.0 Å². The summed E-state index contributed by atoms with van der Waals surface area (Å²) in [7, 11) is 0. The van der Waals surface area contributed by atoms with Crippen LogP contribution in [0.4, 0.5) is 0 Å². The van der Waals surface area contributed by atoms with Crippen molar-refractivity contribution in [1.29, 1.82) is 0 Å². The third kappa shape index (κ3) is 3.86. The molecule has 1 unspecified atom stereocenters. The van der Waals surface area contributed by atoms with E-state index in [0.717, 1.165) is 16.6 Å². The lowest BCUT2D eigenvalue weighted by Crippen LogP contribution is -1.99. The molecule has 0 aliphatic heterocycles. The number of aryl methyl sites for hydroxylation is 1. The fourth-order valence-corrected chi connectivity index (χ4v) is 3.28. The van der Waals surface area contributed by atoms with Crippen molar-refractivity contribution in [2.45, 2.75) is 25.1 Å². The molecule has 0 fully saturated rings. The van der Waals surface area contributed by atoms with E-state index in [9.17, 15) is 0 Å². The van der Waals surface area contributed by atoms with Gasteiger partial charge in [-0.1, -0.05) is 46.3 Å². The van der Waals surface area contributed by atoms with Gasteiger partial charge >= 0.3 is 0 Å². The van der Waals surface area contributed by atoms with Crippen molar-refractivity contribution in [3.05, 3.63) is 63.6 Å². The molecule has 0 aromatic heterocycles. The normalized spacial score (nSPS) is 12.2. The Morgan fingerprint density at radius 2 is 1.90 bits per heavy atom. The fraction of sp³-hybridized carbons (Fsp3) is 0.294. The molecule has 0 N–H and O–H groups in total. The van der Waals surface area contributed by atoms with Crippen LogP contribution in [0.25, 0.3) is 0 Å². The second-order valence-corrected chi connectivity index (χ2v) is 6.68. The average molecular weight is 398 g/mol. The Labute approximate surface area is 137 Å². The lowest BCUT2D eigenvalue weighted by Gasteiger charge is -2.14. The Morgan fingerprint density at radius 1 is 1.15 bits per heavy atom. The van der Waals surface area contributed by atoms with Gasteiger partial charge in [0.1, 0.15) is 5.75 Å². The lowest BCUT2D eigenvalue weighted by atomic mass is 10.0. The van der Waals surface area contributed by atoms with E-state index in [0.29, 0.717) is 11.4 Å². The summed E-state index contributed by atoms with van der Waals surface area (Å²) < 4.78 is 6.55. The first kappa shape index (κ1) is 15.6. The zero-order chi connectivity index (χ0) is 14.5. The highest BCUT2D eigenvalue weighted by molar-refractivity contribution is 9.10. The highest BCUT2D eigenvalue weighted by Crippen LogP contribution is 2.33. The molecule has 0 aliphatic carbocycles. The summed E-state index contributed by atoms with van der Waals surface area (Å²) in [6, 6.07) is 14.8. The Bertz CT molecular complexity index is 581. The van der Waals surface area contributed by atoms with Crippen LogP contribution in [0.15, 0.2) is 46.9 Å². The Morgan fingerprint density at radius 3 is 2.55 bits per heavy atom. The maximum Gasteiger partial charge on any atom is 0.133 e. The van der Waals surface area contributed by atoms with Gasteiger partial charge in [-0.15, -0.1) is 0 Å². The van der Waals surface area contributed by atoms with Gasteiger partial charge in [0, 0.05) is 4.83 Å². The van der Waals surface area contributed by atoms with Crippen molar-refractivity contribution < 1.29 is 4.74 Å². The second kappa shape index (κ2) is 7.28. The van der Waals surface area contributed by atoms with Crippen LogP contribution in [0.3, 0.4) is 0 Å². The van der Waals surface area contributed by atoms with Crippen molar-refractivity contribution in [2.75, 3.05) is 6.61 Å². The summed E-state index contributed by atoms with van der Waals surface area (Å²) in [5.74, 6) is 0.895. The number of alkyl halides is 1. The SMILES string of the molecule is CCOc1ccc(C(Br)Cc2ccccc2C)cc1Br.